The Balaban J connectivity index is 1.82. The SMILES string of the molecule is CC(C)(C)c1cc(Br)c2c(c1)C1Oc3c(Br)cc(C(C)(C)C)cc3C(O2)O1. The lowest BCUT2D eigenvalue weighted by Gasteiger charge is -2.39. The van der Waals surface area contributed by atoms with E-state index >= 15 is 0 Å². The largest absolute Gasteiger partial charge is 0.459 e. The third-order valence-electron chi connectivity index (χ3n) is 5.08. The molecule has 0 aliphatic carbocycles. The van der Waals surface area contributed by atoms with Crippen LogP contribution in [0.1, 0.15) is 76.4 Å². The topological polar surface area (TPSA) is 27.7 Å². The molecule has 144 valence electrons. The van der Waals surface area contributed by atoms with Gasteiger partial charge in [-0.3, -0.25) is 4.74 Å². The van der Waals surface area contributed by atoms with Gasteiger partial charge in [-0.15, -0.1) is 0 Å². The van der Waals surface area contributed by atoms with E-state index in [1.807, 2.05) is 0 Å². The van der Waals surface area contributed by atoms with E-state index in [-0.39, 0.29) is 10.8 Å². The zero-order valence-electron chi connectivity index (χ0n) is 16.4. The molecule has 2 aromatic carbocycles. The van der Waals surface area contributed by atoms with Gasteiger partial charge in [0.25, 0.3) is 0 Å². The minimum Gasteiger partial charge on any atom is -0.459 e. The van der Waals surface area contributed by atoms with Crippen LogP contribution >= 0.6 is 31.9 Å². The molecule has 0 radical (unpaired) electrons. The summed E-state index contributed by atoms with van der Waals surface area (Å²) in [6, 6.07) is 8.51. The molecule has 2 aliphatic heterocycles. The summed E-state index contributed by atoms with van der Waals surface area (Å²) < 4.78 is 20.6. The highest BCUT2D eigenvalue weighted by atomic mass is 79.9. The van der Waals surface area contributed by atoms with Crippen LogP contribution in [0, 0.1) is 0 Å². The van der Waals surface area contributed by atoms with Crippen LogP contribution in [0.4, 0.5) is 0 Å². The summed E-state index contributed by atoms with van der Waals surface area (Å²) in [5, 5.41) is 0. The predicted octanol–water partition coefficient (Wildman–Crippen LogP) is 7.31. The van der Waals surface area contributed by atoms with Gasteiger partial charge in [0.05, 0.1) is 20.1 Å². The molecule has 0 fully saturated rings. The first-order valence-corrected chi connectivity index (χ1v) is 10.7. The molecule has 0 aromatic heterocycles. The Labute approximate surface area is 177 Å². The zero-order valence-corrected chi connectivity index (χ0v) is 19.6. The summed E-state index contributed by atoms with van der Waals surface area (Å²) in [7, 11) is 0. The van der Waals surface area contributed by atoms with Gasteiger partial charge >= 0.3 is 0 Å². The van der Waals surface area contributed by atoms with Gasteiger partial charge in [-0.1, -0.05) is 41.5 Å². The van der Waals surface area contributed by atoms with Gasteiger partial charge < -0.3 is 9.47 Å². The monoisotopic (exact) mass is 494 g/mol. The molecule has 0 saturated carbocycles. The Morgan fingerprint density at radius 3 is 1.37 bits per heavy atom. The fourth-order valence-electron chi connectivity index (χ4n) is 3.35. The van der Waals surface area contributed by atoms with E-state index in [2.05, 4.69) is 97.7 Å². The number of halogens is 2. The van der Waals surface area contributed by atoms with Crippen LogP contribution in [0.3, 0.4) is 0 Å². The van der Waals surface area contributed by atoms with E-state index in [0.29, 0.717) is 0 Å². The fourth-order valence-corrected chi connectivity index (χ4v) is 4.49. The molecule has 2 atom stereocenters. The van der Waals surface area contributed by atoms with Crippen molar-refractivity contribution in [2.75, 3.05) is 0 Å². The number of benzene rings is 2. The minimum atomic E-state index is -0.485. The number of rotatable bonds is 0. The molecule has 2 aromatic rings. The van der Waals surface area contributed by atoms with E-state index in [4.69, 9.17) is 14.2 Å². The standard InChI is InChI=1S/C22H24Br2O3/c1-21(2,3)11-7-13-17(15(23)9-11)25-20-14-8-12(22(4,5)6)10-16(24)18(14)26-19(13)27-20/h7-10,19-20H,1-6H3. The number of ether oxygens (including phenoxy) is 3. The highest BCUT2D eigenvalue weighted by molar-refractivity contribution is 9.10. The maximum absolute atomic E-state index is 6.28. The molecule has 2 bridgehead atoms. The number of fused-ring (bicyclic) bond motifs is 6. The smallest absolute Gasteiger partial charge is 0.234 e. The third-order valence-corrected chi connectivity index (χ3v) is 6.26. The van der Waals surface area contributed by atoms with Crippen molar-refractivity contribution in [2.24, 2.45) is 0 Å². The summed E-state index contributed by atoms with van der Waals surface area (Å²) in [4.78, 5) is 0. The van der Waals surface area contributed by atoms with Crippen LogP contribution < -0.4 is 9.47 Å². The zero-order chi connectivity index (χ0) is 19.7. The molecule has 5 heteroatoms. The molecule has 0 N–H and O–H groups in total. The van der Waals surface area contributed by atoms with Crippen molar-refractivity contribution < 1.29 is 14.2 Å². The van der Waals surface area contributed by atoms with Gasteiger partial charge in [-0.05, 0) is 78.1 Å². The van der Waals surface area contributed by atoms with Crippen molar-refractivity contribution in [1.29, 1.82) is 0 Å². The second-order valence-electron chi connectivity index (χ2n) is 9.29. The summed E-state index contributed by atoms with van der Waals surface area (Å²) in [5.41, 5.74) is 4.28. The minimum absolute atomic E-state index is 0.0170. The lowest BCUT2D eigenvalue weighted by molar-refractivity contribution is -0.228. The summed E-state index contributed by atoms with van der Waals surface area (Å²) >= 11 is 7.38. The van der Waals surface area contributed by atoms with Crippen molar-refractivity contribution in [3.8, 4) is 11.5 Å². The molecule has 2 heterocycles. The van der Waals surface area contributed by atoms with Crippen LogP contribution in [0.15, 0.2) is 33.2 Å². The third kappa shape index (κ3) is 3.32. The Bertz CT molecular complexity index is 847. The van der Waals surface area contributed by atoms with Gasteiger partial charge in [0, 0.05) is 0 Å². The van der Waals surface area contributed by atoms with E-state index in [9.17, 15) is 0 Å². The van der Waals surface area contributed by atoms with E-state index in [1.54, 1.807) is 0 Å². The Morgan fingerprint density at radius 2 is 1.04 bits per heavy atom. The molecule has 4 rings (SSSR count). The molecule has 27 heavy (non-hydrogen) atoms. The lowest BCUT2D eigenvalue weighted by atomic mass is 9.85. The van der Waals surface area contributed by atoms with Gasteiger partial charge in [-0.2, -0.15) is 0 Å². The average molecular weight is 496 g/mol. The van der Waals surface area contributed by atoms with Crippen LogP contribution in [0.25, 0.3) is 0 Å². The summed E-state index contributed by atoms with van der Waals surface area (Å²) in [6.07, 6.45) is -0.969. The molecule has 2 aliphatic rings. The van der Waals surface area contributed by atoms with Crippen molar-refractivity contribution in [3.05, 3.63) is 55.5 Å². The molecule has 0 spiro atoms. The van der Waals surface area contributed by atoms with Crippen LogP contribution in [0.2, 0.25) is 0 Å². The van der Waals surface area contributed by atoms with Gasteiger partial charge in [0.1, 0.15) is 11.5 Å². The van der Waals surface area contributed by atoms with Crippen molar-refractivity contribution in [1.82, 2.24) is 0 Å². The van der Waals surface area contributed by atoms with Crippen molar-refractivity contribution in [3.63, 3.8) is 0 Å². The quantitative estimate of drug-likeness (QED) is 0.383. The first-order valence-electron chi connectivity index (χ1n) is 9.12. The predicted molar refractivity (Wildman–Crippen MR) is 114 cm³/mol. The Morgan fingerprint density at radius 1 is 0.667 bits per heavy atom. The van der Waals surface area contributed by atoms with Crippen LogP contribution in [0.5, 0.6) is 11.5 Å². The maximum atomic E-state index is 6.28. The average Bonchev–Trinajstić information content (AvgIpc) is 2.54. The highest BCUT2D eigenvalue weighted by Crippen LogP contribution is 2.53. The van der Waals surface area contributed by atoms with Gasteiger partial charge in [0.2, 0.25) is 12.6 Å². The van der Waals surface area contributed by atoms with Crippen molar-refractivity contribution >= 4 is 31.9 Å². The normalized spacial score (nSPS) is 21.0. The van der Waals surface area contributed by atoms with E-state index < -0.39 is 12.6 Å². The van der Waals surface area contributed by atoms with Crippen molar-refractivity contribution in [2.45, 2.75) is 65.0 Å². The summed E-state index contributed by atoms with van der Waals surface area (Å²) in [6.45, 7) is 13.1. The first-order chi connectivity index (χ1) is 12.4. The molecular weight excluding hydrogens is 472 g/mol. The maximum Gasteiger partial charge on any atom is 0.234 e. The second-order valence-corrected chi connectivity index (χ2v) is 11.0. The molecule has 3 nitrogen and oxygen atoms in total. The number of hydrogen-bond donors (Lipinski definition) is 0. The summed E-state index contributed by atoms with van der Waals surface area (Å²) in [5.74, 6) is 1.60. The van der Waals surface area contributed by atoms with Gasteiger partial charge in [-0.25, -0.2) is 0 Å². The van der Waals surface area contributed by atoms with Crippen LogP contribution in [-0.4, -0.2) is 0 Å². The molecule has 0 amide bonds. The second kappa shape index (κ2) is 6.23. The van der Waals surface area contributed by atoms with E-state index in [1.165, 1.54) is 11.1 Å². The molecule has 0 saturated heterocycles. The van der Waals surface area contributed by atoms with Crippen LogP contribution in [-0.2, 0) is 15.6 Å². The highest BCUT2D eigenvalue weighted by Gasteiger charge is 2.41. The lowest BCUT2D eigenvalue weighted by Crippen LogP contribution is -2.31. The fraction of sp³-hybridized carbons (Fsp3) is 0.455. The molecule has 2 unspecified atom stereocenters. The van der Waals surface area contributed by atoms with E-state index in [0.717, 1.165) is 31.6 Å². The Hall–Kier alpha value is -1.04. The first kappa shape index (κ1) is 19.3. The van der Waals surface area contributed by atoms with Gasteiger partial charge in [0.15, 0.2) is 0 Å². The Kier molecular flexibility index (Phi) is 4.45. The molecular formula is C22H24Br2O3. The number of hydrogen-bond acceptors (Lipinski definition) is 3.